The average molecular weight is 337 g/mol. The van der Waals surface area contributed by atoms with Crippen LogP contribution < -0.4 is 15.4 Å². The Morgan fingerprint density at radius 1 is 1.09 bits per heavy atom. The number of hydrogen-bond donors (Lipinski definition) is 3. The van der Waals surface area contributed by atoms with Crippen LogP contribution in [-0.2, 0) is 16.6 Å². The van der Waals surface area contributed by atoms with Gasteiger partial charge >= 0.3 is 6.03 Å². The second-order valence-electron chi connectivity index (χ2n) is 4.89. The minimum Gasteiger partial charge on any atom is -0.334 e. The van der Waals surface area contributed by atoms with Gasteiger partial charge in [-0.15, -0.1) is 0 Å². The first-order valence-corrected chi connectivity index (χ1v) is 8.58. The van der Waals surface area contributed by atoms with Crippen LogP contribution in [0.5, 0.6) is 0 Å². The molecule has 0 heterocycles. The SMILES string of the molecule is CS(=O)(=O)Nc1cccc(CNC(=O)Nc2ccc(F)cc2)c1. The van der Waals surface area contributed by atoms with Crippen LogP contribution in [0.15, 0.2) is 48.5 Å². The zero-order valence-corrected chi connectivity index (χ0v) is 13.2. The van der Waals surface area contributed by atoms with Crippen molar-refractivity contribution in [2.75, 3.05) is 16.3 Å². The van der Waals surface area contributed by atoms with Crippen molar-refractivity contribution < 1.29 is 17.6 Å². The van der Waals surface area contributed by atoms with Gasteiger partial charge in [0.2, 0.25) is 10.0 Å². The summed E-state index contributed by atoms with van der Waals surface area (Å²) in [5.41, 5.74) is 1.62. The van der Waals surface area contributed by atoms with Crippen LogP contribution in [0, 0.1) is 5.82 Å². The maximum atomic E-state index is 12.8. The average Bonchev–Trinajstić information content (AvgIpc) is 2.46. The lowest BCUT2D eigenvalue weighted by Gasteiger charge is -2.09. The number of anilines is 2. The Labute approximate surface area is 133 Å². The topological polar surface area (TPSA) is 87.3 Å². The van der Waals surface area contributed by atoms with E-state index in [1.165, 1.54) is 24.3 Å². The highest BCUT2D eigenvalue weighted by atomic mass is 32.2. The third kappa shape index (κ3) is 5.95. The van der Waals surface area contributed by atoms with E-state index in [9.17, 15) is 17.6 Å². The van der Waals surface area contributed by atoms with Crippen molar-refractivity contribution >= 4 is 27.4 Å². The summed E-state index contributed by atoms with van der Waals surface area (Å²) in [5.74, 6) is -0.383. The highest BCUT2D eigenvalue weighted by molar-refractivity contribution is 7.92. The summed E-state index contributed by atoms with van der Waals surface area (Å²) in [6.07, 6.45) is 1.06. The first kappa shape index (κ1) is 16.8. The van der Waals surface area contributed by atoms with E-state index >= 15 is 0 Å². The van der Waals surface area contributed by atoms with Gasteiger partial charge in [0.15, 0.2) is 0 Å². The molecule has 0 aliphatic rings. The fraction of sp³-hybridized carbons (Fsp3) is 0.133. The van der Waals surface area contributed by atoms with E-state index in [0.717, 1.165) is 11.8 Å². The quantitative estimate of drug-likeness (QED) is 0.783. The first-order chi connectivity index (χ1) is 10.8. The van der Waals surface area contributed by atoms with Crippen molar-refractivity contribution in [3.63, 3.8) is 0 Å². The van der Waals surface area contributed by atoms with Crippen LogP contribution in [0.3, 0.4) is 0 Å². The van der Waals surface area contributed by atoms with Gasteiger partial charge in [0.1, 0.15) is 5.82 Å². The Bertz CT molecular complexity index is 792. The molecule has 0 bridgehead atoms. The summed E-state index contributed by atoms with van der Waals surface area (Å²) >= 11 is 0. The molecule has 0 saturated carbocycles. The molecule has 2 aromatic carbocycles. The Hall–Kier alpha value is -2.61. The third-order valence-electron chi connectivity index (χ3n) is 2.79. The minimum absolute atomic E-state index is 0.215. The molecule has 8 heteroatoms. The number of urea groups is 1. The first-order valence-electron chi connectivity index (χ1n) is 6.69. The monoisotopic (exact) mass is 337 g/mol. The van der Waals surface area contributed by atoms with Crippen molar-refractivity contribution in [3.05, 3.63) is 59.9 Å². The van der Waals surface area contributed by atoms with Gasteiger partial charge in [-0.25, -0.2) is 17.6 Å². The summed E-state index contributed by atoms with van der Waals surface area (Å²) in [4.78, 5) is 11.8. The van der Waals surface area contributed by atoms with E-state index in [0.29, 0.717) is 11.4 Å². The molecule has 2 amide bonds. The molecule has 0 atom stereocenters. The fourth-order valence-corrected chi connectivity index (χ4v) is 2.40. The number of hydrogen-bond acceptors (Lipinski definition) is 3. The lowest BCUT2D eigenvalue weighted by molar-refractivity contribution is 0.251. The van der Waals surface area contributed by atoms with Crippen LogP contribution in [0.1, 0.15) is 5.56 Å². The van der Waals surface area contributed by atoms with Gasteiger partial charge in [-0.3, -0.25) is 4.72 Å². The zero-order valence-electron chi connectivity index (χ0n) is 12.3. The standard InChI is InChI=1S/C15H16FN3O3S/c1-23(21,22)19-14-4-2-3-11(9-14)10-17-15(20)18-13-7-5-12(16)6-8-13/h2-9,19H,10H2,1H3,(H2,17,18,20). The molecule has 0 aliphatic carbocycles. The number of carbonyl (C=O) groups excluding carboxylic acids is 1. The van der Waals surface area contributed by atoms with Crippen molar-refractivity contribution in [2.45, 2.75) is 6.54 Å². The van der Waals surface area contributed by atoms with Crippen LogP contribution in [0.2, 0.25) is 0 Å². The van der Waals surface area contributed by atoms with Crippen LogP contribution >= 0.6 is 0 Å². The molecule has 0 saturated heterocycles. The Morgan fingerprint density at radius 2 is 1.78 bits per heavy atom. The molecule has 0 spiro atoms. The second kappa shape index (κ2) is 7.10. The maximum Gasteiger partial charge on any atom is 0.319 e. The molecule has 0 radical (unpaired) electrons. The van der Waals surface area contributed by atoms with Crippen molar-refractivity contribution in [1.29, 1.82) is 0 Å². The number of sulfonamides is 1. The van der Waals surface area contributed by atoms with Gasteiger partial charge in [-0.2, -0.15) is 0 Å². The van der Waals surface area contributed by atoms with E-state index in [2.05, 4.69) is 15.4 Å². The maximum absolute atomic E-state index is 12.8. The van der Waals surface area contributed by atoms with E-state index in [1.54, 1.807) is 24.3 Å². The summed E-state index contributed by atoms with van der Waals surface area (Å²) < 4.78 is 37.5. The van der Waals surface area contributed by atoms with E-state index in [-0.39, 0.29) is 12.4 Å². The van der Waals surface area contributed by atoms with Crippen LogP contribution in [0.4, 0.5) is 20.6 Å². The van der Waals surface area contributed by atoms with Crippen molar-refractivity contribution in [3.8, 4) is 0 Å². The lowest BCUT2D eigenvalue weighted by Crippen LogP contribution is -2.28. The number of amides is 2. The third-order valence-corrected chi connectivity index (χ3v) is 3.39. The van der Waals surface area contributed by atoms with Crippen LogP contribution in [0.25, 0.3) is 0 Å². The Morgan fingerprint density at radius 3 is 2.43 bits per heavy atom. The van der Waals surface area contributed by atoms with Crippen molar-refractivity contribution in [2.24, 2.45) is 0 Å². The Kier molecular flexibility index (Phi) is 5.17. The zero-order chi connectivity index (χ0) is 16.9. The normalized spacial score (nSPS) is 10.9. The van der Waals surface area contributed by atoms with Gasteiger partial charge in [0.25, 0.3) is 0 Å². The van der Waals surface area contributed by atoms with Gasteiger partial charge in [0.05, 0.1) is 6.26 Å². The molecular formula is C15H16FN3O3S. The highest BCUT2D eigenvalue weighted by Crippen LogP contribution is 2.12. The summed E-state index contributed by atoms with van der Waals surface area (Å²) in [5, 5.41) is 5.20. The molecular weight excluding hydrogens is 321 g/mol. The van der Waals surface area contributed by atoms with Crippen LogP contribution in [-0.4, -0.2) is 20.7 Å². The summed E-state index contributed by atoms with van der Waals surface area (Å²) in [6.45, 7) is 0.215. The minimum atomic E-state index is -3.35. The number of rotatable bonds is 5. The van der Waals surface area contributed by atoms with E-state index < -0.39 is 16.1 Å². The molecule has 3 N–H and O–H groups in total. The molecule has 0 fully saturated rings. The Balaban J connectivity index is 1.91. The molecule has 0 aliphatic heterocycles. The second-order valence-corrected chi connectivity index (χ2v) is 6.64. The number of halogens is 1. The number of nitrogens with one attached hydrogen (secondary N) is 3. The summed E-state index contributed by atoms with van der Waals surface area (Å²) in [7, 11) is -3.35. The molecule has 2 rings (SSSR count). The van der Waals surface area contributed by atoms with Gasteiger partial charge in [-0.05, 0) is 42.0 Å². The number of carbonyl (C=O) groups is 1. The molecule has 23 heavy (non-hydrogen) atoms. The molecule has 2 aromatic rings. The van der Waals surface area contributed by atoms with Gasteiger partial charge in [0, 0.05) is 17.9 Å². The molecule has 122 valence electrons. The molecule has 6 nitrogen and oxygen atoms in total. The highest BCUT2D eigenvalue weighted by Gasteiger charge is 2.05. The van der Waals surface area contributed by atoms with E-state index in [1.807, 2.05) is 0 Å². The summed E-state index contributed by atoms with van der Waals surface area (Å²) in [6, 6.07) is 11.6. The molecule has 0 unspecified atom stereocenters. The number of benzene rings is 2. The lowest BCUT2D eigenvalue weighted by atomic mass is 10.2. The largest absolute Gasteiger partial charge is 0.334 e. The smallest absolute Gasteiger partial charge is 0.319 e. The van der Waals surface area contributed by atoms with E-state index in [4.69, 9.17) is 0 Å². The van der Waals surface area contributed by atoms with Gasteiger partial charge < -0.3 is 10.6 Å². The predicted molar refractivity (Wildman–Crippen MR) is 87.2 cm³/mol. The van der Waals surface area contributed by atoms with Crippen molar-refractivity contribution in [1.82, 2.24) is 5.32 Å². The van der Waals surface area contributed by atoms with Gasteiger partial charge in [-0.1, -0.05) is 12.1 Å². The fourth-order valence-electron chi connectivity index (χ4n) is 1.85. The molecule has 0 aromatic heterocycles. The predicted octanol–water partition coefficient (Wildman–Crippen LogP) is 2.52.